The molecule has 47 heavy (non-hydrogen) atoms. The van der Waals surface area contributed by atoms with Crippen molar-refractivity contribution in [2.24, 2.45) is 10.9 Å². The zero-order valence-electron chi connectivity index (χ0n) is 24.7. The predicted octanol–water partition coefficient (Wildman–Crippen LogP) is -0.161. The van der Waals surface area contributed by atoms with Crippen molar-refractivity contribution in [1.29, 1.82) is 0 Å². The molecule has 248 valence electrons. The van der Waals surface area contributed by atoms with Gasteiger partial charge in [-0.2, -0.15) is 9.36 Å². The normalized spacial score (nSPS) is 18.3. The van der Waals surface area contributed by atoms with Crippen LogP contribution in [-0.2, 0) is 41.9 Å². The minimum absolute atomic E-state index is 0.00868. The summed E-state index contributed by atoms with van der Waals surface area (Å²) in [6.45, 7) is 2.37. The topological polar surface area (TPSA) is 256 Å². The molecule has 1 aromatic carbocycles. The van der Waals surface area contributed by atoms with Gasteiger partial charge in [-0.25, -0.2) is 14.3 Å². The minimum Gasteiger partial charge on any atom is -0.477 e. The van der Waals surface area contributed by atoms with Gasteiger partial charge in [-0.3, -0.25) is 14.5 Å². The first-order chi connectivity index (χ1) is 22.7. The van der Waals surface area contributed by atoms with Gasteiger partial charge >= 0.3 is 11.9 Å². The molecule has 1 saturated heterocycles. The van der Waals surface area contributed by atoms with Crippen LogP contribution < -0.4 is 16.8 Å². The summed E-state index contributed by atoms with van der Waals surface area (Å²) in [5.74, 6) is -3.23. The van der Waals surface area contributed by atoms with E-state index in [4.69, 9.17) is 21.0 Å². The number of fused-ring (bicyclic) bond motifs is 1. The first-order valence-electron chi connectivity index (χ1n) is 14.0. The zero-order valence-corrected chi connectivity index (χ0v) is 27.2. The van der Waals surface area contributed by atoms with Gasteiger partial charge in [0.2, 0.25) is 22.8 Å². The fraction of sp³-hybridized carbons (Fsp3) is 0.385. The van der Waals surface area contributed by atoms with E-state index in [1.807, 2.05) is 6.07 Å². The Labute approximate surface area is 279 Å². The highest BCUT2D eigenvalue weighted by Gasteiger charge is 2.54. The number of oxime groups is 1. The number of amides is 2. The van der Waals surface area contributed by atoms with Crippen LogP contribution >= 0.6 is 35.1 Å². The van der Waals surface area contributed by atoms with Crippen molar-refractivity contribution in [2.45, 2.75) is 49.2 Å². The summed E-state index contributed by atoms with van der Waals surface area (Å²) < 4.78 is 10.8. The summed E-state index contributed by atoms with van der Waals surface area (Å²) in [6.07, 6.45) is -0.545. The number of carboxylic acids is 1. The average Bonchev–Trinajstić information content (AvgIpc) is 3.72. The molecule has 2 unspecified atom stereocenters. The zero-order chi connectivity index (χ0) is 33.5. The van der Waals surface area contributed by atoms with Crippen molar-refractivity contribution >= 4 is 69.7 Å². The Morgan fingerprint density at radius 3 is 2.77 bits per heavy atom. The van der Waals surface area contributed by atoms with Crippen LogP contribution in [0.5, 0.6) is 0 Å². The molecule has 0 aliphatic carbocycles. The molecule has 18 nitrogen and oxygen atoms in total. The average molecular weight is 704 g/mol. The molecule has 4 heterocycles. The Morgan fingerprint density at radius 1 is 1.28 bits per heavy atom. The van der Waals surface area contributed by atoms with Gasteiger partial charge in [-0.05, 0) is 41.5 Å². The number of aromatic nitrogens is 6. The van der Waals surface area contributed by atoms with E-state index in [1.54, 1.807) is 28.9 Å². The van der Waals surface area contributed by atoms with Gasteiger partial charge in [0.15, 0.2) is 5.13 Å². The summed E-state index contributed by atoms with van der Waals surface area (Å²) in [4.78, 5) is 61.8. The number of hydrogen-bond acceptors (Lipinski definition) is 17. The Balaban J connectivity index is 1.25. The minimum atomic E-state index is -1.28. The van der Waals surface area contributed by atoms with E-state index in [1.165, 1.54) is 30.4 Å². The Hall–Kier alpha value is -4.60. The first kappa shape index (κ1) is 33.8. The molecular weight excluding hydrogens is 675 g/mol. The molecule has 0 radical (unpaired) electrons. The molecule has 2 aromatic heterocycles. The molecule has 6 N–H and O–H groups in total. The maximum Gasteiger partial charge on any atom is 0.352 e. The number of nitrogens with one attached hydrogen (secondary N) is 1. The summed E-state index contributed by atoms with van der Waals surface area (Å²) in [5, 5.41) is 27.8. The van der Waals surface area contributed by atoms with Gasteiger partial charge in [-0.1, -0.05) is 47.2 Å². The van der Waals surface area contributed by atoms with Crippen LogP contribution in [0.15, 0.2) is 51.9 Å². The van der Waals surface area contributed by atoms with E-state index in [0.29, 0.717) is 30.2 Å². The first-order valence-corrected chi connectivity index (χ1v) is 16.8. The van der Waals surface area contributed by atoms with E-state index >= 15 is 0 Å². The lowest BCUT2D eigenvalue weighted by Gasteiger charge is -2.49. The number of carbonyl (C=O) groups is 4. The number of nitrogens with zero attached hydrogens (tertiary/aromatic N) is 8. The number of nitrogen functional groups attached to an aromatic ring is 1. The molecule has 3 atom stereocenters. The molecule has 0 bridgehead atoms. The van der Waals surface area contributed by atoms with Crippen LogP contribution in [0.2, 0.25) is 0 Å². The van der Waals surface area contributed by atoms with Crippen LogP contribution in [-0.4, -0.2) is 105 Å². The van der Waals surface area contributed by atoms with Crippen LogP contribution in [0, 0.1) is 0 Å². The lowest BCUT2D eigenvalue weighted by Crippen LogP contribution is -2.71. The van der Waals surface area contributed by atoms with Crippen LogP contribution in [0.25, 0.3) is 0 Å². The highest BCUT2D eigenvalue weighted by Crippen LogP contribution is 2.41. The molecule has 21 heteroatoms. The van der Waals surface area contributed by atoms with Crippen molar-refractivity contribution in [2.75, 3.05) is 23.8 Å². The SMILES string of the molecule is CC(O/N=C(/C(=O)NC1C(=O)N2C(C(=O)O)=C(CSc3nnnn3CCCN)CS[C@H]12)c1nsc(N)n1)C(=O)OCc1ccccc1. The molecule has 5 rings (SSSR count). The number of anilines is 1. The monoisotopic (exact) mass is 703 g/mol. The van der Waals surface area contributed by atoms with Gasteiger partial charge < -0.3 is 31.5 Å². The third kappa shape index (κ3) is 7.86. The fourth-order valence-corrected chi connectivity index (χ4v) is 7.20. The number of carbonyl (C=O) groups excluding carboxylic acids is 3. The number of esters is 1. The lowest BCUT2D eigenvalue weighted by molar-refractivity contribution is -0.157. The number of benzene rings is 1. The summed E-state index contributed by atoms with van der Waals surface area (Å²) in [6, 6.07) is 7.93. The number of aryl methyl sites for hydroxylation is 1. The number of nitrogens with two attached hydrogens (primary N) is 2. The molecule has 0 spiro atoms. The number of ether oxygens (including phenoxy) is 1. The summed E-state index contributed by atoms with van der Waals surface area (Å²) in [5.41, 5.74) is 11.9. The molecule has 3 aromatic rings. The van der Waals surface area contributed by atoms with Crippen molar-refractivity contribution in [1.82, 2.24) is 39.8 Å². The van der Waals surface area contributed by atoms with Gasteiger partial charge in [0.25, 0.3) is 11.8 Å². The number of aliphatic carboxylic acids is 1. The Kier molecular flexibility index (Phi) is 11.0. The van der Waals surface area contributed by atoms with Gasteiger partial charge in [-0.15, -0.1) is 16.9 Å². The largest absolute Gasteiger partial charge is 0.477 e. The van der Waals surface area contributed by atoms with Crippen LogP contribution in [0.4, 0.5) is 5.13 Å². The predicted molar refractivity (Wildman–Crippen MR) is 170 cm³/mol. The fourth-order valence-electron chi connectivity index (χ4n) is 4.37. The van der Waals surface area contributed by atoms with Gasteiger partial charge in [0.05, 0.1) is 0 Å². The van der Waals surface area contributed by atoms with Crippen molar-refractivity contribution in [3.63, 3.8) is 0 Å². The number of carboxylic acid groups (broad SMARTS) is 1. The number of tetrazole rings is 1. The molecule has 0 saturated carbocycles. The Morgan fingerprint density at radius 2 is 2.06 bits per heavy atom. The quantitative estimate of drug-likeness (QED) is 0.0527. The van der Waals surface area contributed by atoms with Crippen molar-refractivity contribution < 1.29 is 33.9 Å². The van der Waals surface area contributed by atoms with Crippen LogP contribution in [0.1, 0.15) is 24.7 Å². The molecule has 2 aliphatic heterocycles. The smallest absolute Gasteiger partial charge is 0.352 e. The van der Waals surface area contributed by atoms with E-state index in [0.717, 1.165) is 22.0 Å². The molecule has 2 aliphatic rings. The number of β-lactam (4-membered cyclic amide) rings is 1. The van der Waals surface area contributed by atoms with Gasteiger partial charge in [0, 0.05) is 29.6 Å². The highest BCUT2D eigenvalue weighted by atomic mass is 32.2. The third-order valence-corrected chi connectivity index (χ3v) is 9.64. The van der Waals surface area contributed by atoms with Crippen molar-refractivity contribution in [3.8, 4) is 0 Å². The van der Waals surface area contributed by atoms with E-state index < -0.39 is 47.0 Å². The van der Waals surface area contributed by atoms with Gasteiger partial charge in [0.1, 0.15) is 23.7 Å². The lowest BCUT2D eigenvalue weighted by atomic mass is 10.0. The Bertz CT molecular complexity index is 1700. The van der Waals surface area contributed by atoms with E-state index in [-0.39, 0.29) is 34.8 Å². The van der Waals surface area contributed by atoms with E-state index in [9.17, 15) is 24.3 Å². The maximum absolute atomic E-state index is 13.4. The second-order valence-corrected chi connectivity index (χ2v) is 12.8. The second kappa shape index (κ2) is 15.3. The van der Waals surface area contributed by atoms with Crippen LogP contribution in [0.3, 0.4) is 0 Å². The molecule has 2 amide bonds. The standard InChI is InChI=1S/C26H29N11O7S3/c1-13(24(42)43-10-14-6-3-2-4-7-14)44-32-16(19-30-25(28)47-33-19)20(38)29-17-21(39)37-18(23(40)41)15(11-45-22(17)37)12-46-26-31-34-35-36(26)9-5-8-27/h2-4,6-7,13,17,22H,5,8-12,27H2,1H3,(H,29,38)(H,40,41)(H2,28,30,33)/b32-16+/t13?,17?,22-/m1/s1. The summed E-state index contributed by atoms with van der Waals surface area (Å²) >= 11 is 3.34. The molecule has 1 fully saturated rings. The van der Waals surface area contributed by atoms with Crippen molar-refractivity contribution in [3.05, 3.63) is 53.0 Å². The summed E-state index contributed by atoms with van der Waals surface area (Å²) in [7, 11) is 0. The molecular formula is C26H29N11O7S3. The third-order valence-electron chi connectivity index (χ3n) is 6.71. The number of thioether (sulfide) groups is 2. The van der Waals surface area contributed by atoms with E-state index in [2.05, 4.69) is 35.4 Å². The maximum atomic E-state index is 13.4. The number of rotatable bonds is 15. The number of hydrogen-bond donors (Lipinski definition) is 4. The second-order valence-electron chi connectivity index (χ2n) is 9.97. The highest BCUT2D eigenvalue weighted by molar-refractivity contribution is 8.01.